The summed E-state index contributed by atoms with van der Waals surface area (Å²) in [6.45, 7) is 1.41. The van der Waals surface area contributed by atoms with Gasteiger partial charge in [0.2, 0.25) is 0 Å². The predicted molar refractivity (Wildman–Crippen MR) is 94.4 cm³/mol. The fraction of sp³-hybridized carbons (Fsp3) is 0.111. The Kier molecular flexibility index (Phi) is 4.77. The Morgan fingerprint density at radius 2 is 1.81 bits per heavy atom. The van der Waals surface area contributed by atoms with Crippen molar-refractivity contribution in [3.8, 4) is 17.2 Å². The van der Waals surface area contributed by atoms with Crippen LogP contribution in [0.5, 0.6) is 11.5 Å². The summed E-state index contributed by atoms with van der Waals surface area (Å²) in [5, 5.41) is 4.06. The van der Waals surface area contributed by atoms with Crippen molar-refractivity contribution in [3.63, 3.8) is 0 Å². The van der Waals surface area contributed by atoms with Gasteiger partial charge in [0.15, 0.2) is 17.3 Å². The van der Waals surface area contributed by atoms with Crippen molar-refractivity contribution < 1.29 is 22.1 Å². The van der Waals surface area contributed by atoms with Gasteiger partial charge in [0, 0.05) is 5.56 Å². The molecular weight excluding hydrogens is 356 g/mol. The van der Waals surface area contributed by atoms with E-state index in [-0.39, 0.29) is 22.2 Å². The number of rotatable bonds is 6. The lowest BCUT2D eigenvalue weighted by Gasteiger charge is -2.10. The molecule has 0 aliphatic rings. The van der Waals surface area contributed by atoms with Crippen LogP contribution in [0, 0.1) is 0 Å². The van der Waals surface area contributed by atoms with Crippen LogP contribution >= 0.6 is 0 Å². The van der Waals surface area contributed by atoms with Crippen LogP contribution in [0.25, 0.3) is 5.69 Å². The molecule has 0 radical (unpaired) electrons. The zero-order valence-corrected chi connectivity index (χ0v) is 14.9. The molecule has 2 aromatic carbocycles. The van der Waals surface area contributed by atoms with Crippen LogP contribution in [0.4, 0.5) is 0 Å². The van der Waals surface area contributed by atoms with Crippen molar-refractivity contribution >= 4 is 15.9 Å². The van der Waals surface area contributed by atoms with Gasteiger partial charge in [0.05, 0.1) is 25.2 Å². The molecule has 0 saturated heterocycles. The van der Waals surface area contributed by atoms with E-state index < -0.39 is 10.1 Å². The Labute approximate surface area is 150 Å². The third-order valence-electron chi connectivity index (χ3n) is 3.64. The van der Waals surface area contributed by atoms with Gasteiger partial charge in [0.1, 0.15) is 4.90 Å². The number of ether oxygens (including phenoxy) is 1. The quantitative estimate of drug-likeness (QED) is 0.488. The van der Waals surface area contributed by atoms with E-state index in [2.05, 4.69) is 5.10 Å². The van der Waals surface area contributed by atoms with Crippen LogP contribution < -0.4 is 8.92 Å². The molecule has 0 aliphatic carbocycles. The van der Waals surface area contributed by atoms with Crippen LogP contribution in [0.1, 0.15) is 17.3 Å². The van der Waals surface area contributed by atoms with Crippen molar-refractivity contribution in [1.29, 1.82) is 0 Å². The first-order valence-corrected chi connectivity index (χ1v) is 9.05. The molecule has 26 heavy (non-hydrogen) atoms. The summed E-state index contributed by atoms with van der Waals surface area (Å²) in [4.78, 5) is 11.3. The first-order chi connectivity index (χ1) is 12.4. The second kappa shape index (κ2) is 7.01. The van der Waals surface area contributed by atoms with Crippen molar-refractivity contribution in [2.24, 2.45) is 0 Å². The van der Waals surface area contributed by atoms with Crippen LogP contribution in [-0.2, 0) is 10.1 Å². The van der Waals surface area contributed by atoms with E-state index in [4.69, 9.17) is 8.92 Å². The highest BCUT2D eigenvalue weighted by atomic mass is 32.2. The molecule has 0 N–H and O–H groups in total. The van der Waals surface area contributed by atoms with Crippen LogP contribution in [0.2, 0.25) is 0 Å². The highest BCUT2D eigenvalue weighted by molar-refractivity contribution is 7.87. The molecule has 134 valence electrons. The molecule has 0 unspecified atom stereocenters. The van der Waals surface area contributed by atoms with Gasteiger partial charge in [-0.05, 0) is 37.3 Å². The minimum absolute atomic E-state index is 0.00930. The van der Waals surface area contributed by atoms with E-state index in [1.807, 2.05) is 18.2 Å². The zero-order chi connectivity index (χ0) is 18.7. The molecule has 3 aromatic rings. The average Bonchev–Trinajstić information content (AvgIpc) is 3.13. The van der Waals surface area contributed by atoms with E-state index in [9.17, 15) is 13.2 Å². The summed E-state index contributed by atoms with van der Waals surface area (Å²) in [6, 6.07) is 13.4. The molecule has 0 bridgehead atoms. The minimum atomic E-state index is -4.11. The van der Waals surface area contributed by atoms with Crippen LogP contribution in [0.3, 0.4) is 0 Å². The van der Waals surface area contributed by atoms with E-state index in [1.165, 1.54) is 49.3 Å². The lowest BCUT2D eigenvalue weighted by atomic mass is 10.1. The Hall–Kier alpha value is -3.13. The standard InChI is InChI=1S/C18H16N2O5S/c1-13(21)14-8-9-17(18(10-14)24-2)25-26(22,23)16-11-19-20(12-16)15-6-4-3-5-7-15/h3-12H,1-2H3. The number of para-hydroxylation sites is 1. The topological polar surface area (TPSA) is 87.5 Å². The lowest BCUT2D eigenvalue weighted by molar-refractivity contribution is 0.101. The van der Waals surface area contributed by atoms with Gasteiger partial charge in [-0.3, -0.25) is 4.79 Å². The number of carbonyl (C=O) groups is 1. The minimum Gasteiger partial charge on any atom is -0.493 e. The third-order valence-corrected chi connectivity index (χ3v) is 4.83. The zero-order valence-electron chi connectivity index (χ0n) is 14.1. The first kappa shape index (κ1) is 17.7. The number of benzene rings is 2. The fourth-order valence-corrected chi connectivity index (χ4v) is 3.15. The normalized spacial score (nSPS) is 11.2. The Balaban J connectivity index is 1.90. The molecule has 0 atom stereocenters. The van der Waals surface area contributed by atoms with Gasteiger partial charge in [-0.15, -0.1) is 0 Å². The number of aromatic nitrogens is 2. The largest absolute Gasteiger partial charge is 0.493 e. The van der Waals surface area contributed by atoms with Gasteiger partial charge in [-0.2, -0.15) is 13.5 Å². The highest BCUT2D eigenvalue weighted by Gasteiger charge is 2.22. The van der Waals surface area contributed by atoms with Crippen molar-refractivity contribution in [3.05, 3.63) is 66.5 Å². The van der Waals surface area contributed by atoms with Gasteiger partial charge < -0.3 is 8.92 Å². The number of hydrogen-bond donors (Lipinski definition) is 0. The fourth-order valence-electron chi connectivity index (χ4n) is 2.28. The van der Waals surface area contributed by atoms with Crippen molar-refractivity contribution in [1.82, 2.24) is 9.78 Å². The summed E-state index contributed by atoms with van der Waals surface area (Å²) in [5.41, 5.74) is 1.11. The molecule has 3 rings (SSSR count). The summed E-state index contributed by atoms with van der Waals surface area (Å²) < 4.78 is 36.8. The number of nitrogens with zero attached hydrogens (tertiary/aromatic N) is 2. The maximum absolute atomic E-state index is 12.5. The summed E-state index contributed by atoms with van der Waals surface area (Å²) in [7, 11) is -2.75. The Morgan fingerprint density at radius 1 is 1.08 bits per heavy atom. The summed E-state index contributed by atoms with van der Waals surface area (Å²) >= 11 is 0. The van der Waals surface area contributed by atoms with Gasteiger partial charge in [0.25, 0.3) is 0 Å². The smallest absolute Gasteiger partial charge is 0.342 e. The first-order valence-electron chi connectivity index (χ1n) is 7.64. The Bertz CT molecular complexity index is 1040. The monoisotopic (exact) mass is 372 g/mol. The maximum atomic E-state index is 12.5. The van der Waals surface area contributed by atoms with Crippen molar-refractivity contribution in [2.45, 2.75) is 11.8 Å². The lowest BCUT2D eigenvalue weighted by Crippen LogP contribution is -2.10. The van der Waals surface area contributed by atoms with Crippen LogP contribution in [-0.4, -0.2) is 31.1 Å². The highest BCUT2D eigenvalue weighted by Crippen LogP contribution is 2.31. The second-order valence-corrected chi connectivity index (χ2v) is 6.96. The average molecular weight is 372 g/mol. The maximum Gasteiger partial charge on any atom is 0.342 e. The number of Topliss-reactive ketones (excluding diaryl/α,β-unsaturated/α-hetero) is 1. The number of methoxy groups -OCH3 is 1. The molecule has 8 heteroatoms. The molecule has 0 fully saturated rings. The summed E-state index contributed by atoms with van der Waals surface area (Å²) in [5.74, 6) is -0.0245. The van der Waals surface area contributed by atoms with E-state index in [1.54, 1.807) is 12.1 Å². The second-order valence-electron chi connectivity index (χ2n) is 5.42. The molecule has 0 aliphatic heterocycles. The van der Waals surface area contributed by atoms with Gasteiger partial charge in [-0.1, -0.05) is 18.2 Å². The molecule has 1 heterocycles. The van der Waals surface area contributed by atoms with Crippen molar-refractivity contribution in [2.75, 3.05) is 7.11 Å². The number of carbonyl (C=O) groups excluding carboxylic acids is 1. The molecule has 0 amide bonds. The molecule has 0 spiro atoms. The van der Waals surface area contributed by atoms with Gasteiger partial charge >= 0.3 is 10.1 Å². The van der Waals surface area contributed by atoms with E-state index >= 15 is 0 Å². The molecule has 1 aromatic heterocycles. The third kappa shape index (κ3) is 3.60. The molecule has 7 nitrogen and oxygen atoms in total. The predicted octanol–water partition coefficient (Wildman–Crippen LogP) is 2.85. The van der Waals surface area contributed by atoms with Gasteiger partial charge in [-0.25, -0.2) is 4.68 Å². The summed E-state index contributed by atoms with van der Waals surface area (Å²) in [6.07, 6.45) is 2.57. The van der Waals surface area contributed by atoms with E-state index in [0.29, 0.717) is 5.56 Å². The van der Waals surface area contributed by atoms with E-state index in [0.717, 1.165) is 5.69 Å². The van der Waals surface area contributed by atoms with Crippen LogP contribution in [0.15, 0.2) is 65.8 Å². The number of hydrogen-bond acceptors (Lipinski definition) is 6. The molecular formula is C18H16N2O5S. The number of ketones is 1. The Morgan fingerprint density at radius 3 is 2.46 bits per heavy atom. The molecule has 0 saturated carbocycles. The SMILES string of the molecule is COc1cc(C(C)=O)ccc1OS(=O)(=O)c1cnn(-c2ccccc2)c1.